The van der Waals surface area contributed by atoms with Gasteiger partial charge in [-0.15, -0.1) is 0 Å². The van der Waals surface area contributed by atoms with Crippen LogP contribution in [0, 0.1) is 0 Å². The van der Waals surface area contributed by atoms with E-state index >= 15 is 0 Å². The summed E-state index contributed by atoms with van der Waals surface area (Å²) < 4.78 is 0. The Labute approximate surface area is 122 Å². The lowest BCUT2D eigenvalue weighted by Crippen LogP contribution is -2.51. The van der Waals surface area contributed by atoms with Crippen molar-refractivity contribution in [1.29, 1.82) is 0 Å². The molecule has 0 aliphatic carbocycles. The van der Waals surface area contributed by atoms with Crippen molar-refractivity contribution in [2.45, 2.75) is 25.3 Å². The van der Waals surface area contributed by atoms with Crippen molar-refractivity contribution >= 4 is 17.4 Å². The average Bonchev–Trinajstić information content (AvgIpc) is 2.56. The molecule has 2 aliphatic heterocycles. The molecule has 0 aromatic carbocycles. The Balaban J connectivity index is 1.79. The second-order valence-electron chi connectivity index (χ2n) is 5.36. The van der Waals surface area contributed by atoms with Gasteiger partial charge in [-0.25, -0.2) is 9.97 Å². The van der Waals surface area contributed by atoms with Crippen LogP contribution in [0.3, 0.4) is 0 Å². The SMILES string of the molecule is O=C1Nc2cnc(-c3ccncc3)nc2N2CCCCC12. The molecule has 2 aromatic rings. The molecule has 2 aliphatic rings. The maximum absolute atomic E-state index is 12.1. The van der Waals surface area contributed by atoms with E-state index in [0.29, 0.717) is 11.5 Å². The molecule has 1 N–H and O–H groups in total. The van der Waals surface area contributed by atoms with Crippen LogP contribution in [0.25, 0.3) is 11.4 Å². The van der Waals surface area contributed by atoms with Gasteiger partial charge in [0, 0.05) is 24.5 Å². The van der Waals surface area contributed by atoms with Crippen LogP contribution in [-0.4, -0.2) is 33.4 Å². The third kappa shape index (κ3) is 2.03. The highest BCUT2D eigenvalue weighted by atomic mass is 16.2. The number of amides is 1. The Morgan fingerprint density at radius 3 is 2.95 bits per heavy atom. The third-order valence-corrected chi connectivity index (χ3v) is 4.04. The average molecular weight is 281 g/mol. The Bertz CT molecular complexity index is 688. The number of aromatic nitrogens is 3. The van der Waals surface area contributed by atoms with Crippen LogP contribution < -0.4 is 10.2 Å². The highest BCUT2D eigenvalue weighted by Gasteiger charge is 2.35. The lowest BCUT2D eigenvalue weighted by molar-refractivity contribution is -0.118. The van der Waals surface area contributed by atoms with E-state index in [1.807, 2.05) is 12.1 Å². The summed E-state index contributed by atoms with van der Waals surface area (Å²) in [5, 5.41) is 2.92. The van der Waals surface area contributed by atoms with Gasteiger partial charge in [-0.1, -0.05) is 0 Å². The van der Waals surface area contributed by atoms with Crippen LogP contribution in [0.5, 0.6) is 0 Å². The second-order valence-corrected chi connectivity index (χ2v) is 5.36. The Morgan fingerprint density at radius 2 is 2.10 bits per heavy atom. The molecular formula is C15H15N5O. The quantitative estimate of drug-likeness (QED) is 0.863. The zero-order valence-electron chi connectivity index (χ0n) is 11.5. The molecular weight excluding hydrogens is 266 g/mol. The summed E-state index contributed by atoms with van der Waals surface area (Å²) in [6.45, 7) is 0.873. The van der Waals surface area contributed by atoms with Crippen LogP contribution in [0.2, 0.25) is 0 Å². The van der Waals surface area contributed by atoms with E-state index in [1.165, 1.54) is 0 Å². The summed E-state index contributed by atoms with van der Waals surface area (Å²) in [5.74, 6) is 1.56. The first-order valence-corrected chi connectivity index (χ1v) is 7.18. The number of carbonyl (C=O) groups excluding carboxylic acids is 1. The molecule has 4 heterocycles. The van der Waals surface area contributed by atoms with Crippen LogP contribution in [0.4, 0.5) is 11.5 Å². The van der Waals surface area contributed by atoms with Gasteiger partial charge in [-0.3, -0.25) is 9.78 Å². The van der Waals surface area contributed by atoms with Gasteiger partial charge in [-0.05, 0) is 31.4 Å². The molecule has 1 unspecified atom stereocenters. The molecule has 1 saturated heterocycles. The summed E-state index contributed by atoms with van der Waals surface area (Å²) in [6.07, 6.45) is 8.22. The number of hydrogen-bond donors (Lipinski definition) is 1. The summed E-state index contributed by atoms with van der Waals surface area (Å²) >= 11 is 0. The minimum absolute atomic E-state index is 0.0578. The van der Waals surface area contributed by atoms with Crippen molar-refractivity contribution in [3.05, 3.63) is 30.7 Å². The molecule has 4 rings (SSSR count). The summed E-state index contributed by atoms with van der Waals surface area (Å²) in [4.78, 5) is 27.3. The van der Waals surface area contributed by atoms with E-state index in [4.69, 9.17) is 0 Å². The Hall–Kier alpha value is -2.50. The lowest BCUT2D eigenvalue weighted by Gasteiger charge is -2.39. The van der Waals surface area contributed by atoms with Gasteiger partial charge in [-0.2, -0.15) is 0 Å². The molecule has 0 bridgehead atoms. The third-order valence-electron chi connectivity index (χ3n) is 4.04. The fourth-order valence-corrected chi connectivity index (χ4v) is 2.99. The minimum Gasteiger partial charge on any atom is -0.343 e. The van der Waals surface area contributed by atoms with Crippen molar-refractivity contribution in [1.82, 2.24) is 15.0 Å². The van der Waals surface area contributed by atoms with Gasteiger partial charge in [0.15, 0.2) is 11.6 Å². The normalized spacial score (nSPS) is 20.5. The first-order valence-electron chi connectivity index (χ1n) is 7.18. The number of rotatable bonds is 1. The largest absolute Gasteiger partial charge is 0.343 e. The predicted octanol–water partition coefficient (Wildman–Crippen LogP) is 1.85. The van der Waals surface area contributed by atoms with Crippen molar-refractivity contribution in [3.8, 4) is 11.4 Å². The lowest BCUT2D eigenvalue weighted by atomic mass is 9.99. The molecule has 21 heavy (non-hydrogen) atoms. The van der Waals surface area contributed by atoms with Gasteiger partial charge in [0.05, 0.1) is 6.20 Å². The van der Waals surface area contributed by atoms with Crippen LogP contribution >= 0.6 is 0 Å². The van der Waals surface area contributed by atoms with Crippen LogP contribution in [0.1, 0.15) is 19.3 Å². The van der Waals surface area contributed by atoms with E-state index in [1.54, 1.807) is 18.6 Å². The van der Waals surface area contributed by atoms with E-state index < -0.39 is 0 Å². The van der Waals surface area contributed by atoms with Crippen molar-refractivity contribution in [2.75, 3.05) is 16.8 Å². The molecule has 0 radical (unpaired) electrons. The van der Waals surface area contributed by atoms with Crippen LogP contribution in [0.15, 0.2) is 30.7 Å². The van der Waals surface area contributed by atoms with E-state index in [-0.39, 0.29) is 11.9 Å². The van der Waals surface area contributed by atoms with Gasteiger partial charge in [0.25, 0.3) is 0 Å². The summed E-state index contributed by atoms with van der Waals surface area (Å²) in [6, 6.07) is 3.68. The topological polar surface area (TPSA) is 71.0 Å². The summed E-state index contributed by atoms with van der Waals surface area (Å²) in [5.41, 5.74) is 1.63. The highest BCUT2D eigenvalue weighted by Crippen LogP contribution is 2.34. The molecule has 6 nitrogen and oxygen atoms in total. The number of anilines is 2. The molecule has 1 amide bonds. The highest BCUT2D eigenvalue weighted by molar-refractivity contribution is 6.02. The van der Waals surface area contributed by atoms with E-state index in [2.05, 4.69) is 25.2 Å². The summed E-state index contributed by atoms with van der Waals surface area (Å²) in [7, 11) is 0. The van der Waals surface area contributed by atoms with Crippen molar-refractivity contribution in [2.24, 2.45) is 0 Å². The fourth-order valence-electron chi connectivity index (χ4n) is 2.99. The monoisotopic (exact) mass is 281 g/mol. The first-order chi connectivity index (χ1) is 10.3. The number of pyridine rings is 1. The standard InChI is InChI=1S/C15H15N5O/c21-15-12-3-1-2-8-20(12)14-11(18-15)9-17-13(19-14)10-4-6-16-7-5-10/h4-7,9,12H,1-3,8H2,(H,18,21). The number of hydrogen-bond acceptors (Lipinski definition) is 5. The van der Waals surface area contributed by atoms with E-state index in [0.717, 1.165) is 37.2 Å². The molecule has 1 fully saturated rings. The fraction of sp³-hybridized carbons (Fsp3) is 0.333. The van der Waals surface area contributed by atoms with Crippen LogP contribution in [-0.2, 0) is 4.79 Å². The molecule has 106 valence electrons. The number of fused-ring (bicyclic) bond motifs is 3. The zero-order valence-corrected chi connectivity index (χ0v) is 11.5. The van der Waals surface area contributed by atoms with Crippen molar-refractivity contribution < 1.29 is 4.79 Å². The molecule has 2 aromatic heterocycles. The van der Waals surface area contributed by atoms with Gasteiger partial charge < -0.3 is 10.2 Å². The van der Waals surface area contributed by atoms with Crippen molar-refractivity contribution in [3.63, 3.8) is 0 Å². The molecule has 0 saturated carbocycles. The van der Waals surface area contributed by atoms with Gasteiger partial charge >= 0.3 is 0 Å². The van der Waals surface area contributed by atoms with Gasteiger partial charge in [0.2, 0.25) is 5.91 Å². The van der Waals surface area contributed by atoms with E-state index in [9.17, 15) is 4.79 Å². The predicted molar refractivity (Wildman–Crippen MR) is 78.9 cm³/mol. The molecule has 1 atom stereocenters. The maximum atomic E-state index is 12.1. The Kier molecular flexibility index (Phi) is 2.80. The number of nitrogens with one attached hydrogen (secondary N) is 1. The maximum Gasteiger partial charge on any atom is 0.247 e. The minimum atomic E-state index is -0.0913. The smallest absolute Gasteiger partial charge is 0.247 e. The van der Waals surface area contributed by atoms with Gasteiger partial charge in [0.1, 0.15) is 11.7 Å². The second kappa shape index (κ2) is 4.80. The number of nitrogens with zero attached hydrogens (tertiary/aromatic N) is 4. The number of carbonyl (C=O) groups is 1. The first kappa shape index (κ1) is 12.3. The molecule has 6 heteroatoms. The molecule has 0 spiro atoms. The zero-order chi connectivity index (χ0) is 14.2. The number of piperidine rings is 1. The Morgan fingerprint density at radius 1 is 1.24 bits per heavy atom.